The number of nitrogens with one attached hydrogen (secondary N) is 1. The van der Waals surface area contributed by atoms with Gasteiger partial charge in [0.05, 0.1) is 11.1 Å². The predicted molar refractivity (Wildman–Crippen MR) is 69.9 cm³/mol. The molecule has 3 aliphatic rings. The van der Waals surface area contributed by atoms with Crippen LogP contribution in [0.1, 0.15) is 46.4 Å². The summed E-state index contributed by atoms with van der Waals surface area (Å²) in [5.41, 5.74) is 1.14. The van der Waals surface area contributed by atoms with Gasteiger partial charge in [0.25, 0.3) is 11.8 Å². The van der Waals surface area contributed by atoms with Gasteiger partial charge in [-0.05, 0) is 37.8 Å². The summed E-state index contributed by atoms with van der Waals surface area (Å²) in [7, 11) is 0. The highest BCUT2D eigenvalue weighted by Crippen LogP contribution is 2.34. The zero-order valence-electron chi connectivity index (χ0n) is 10.6. The Balaban J connectivity index is 1.67. The molecule has 2 bridgehead atoms. The van der Waals surface area contributed by atoms with E-state index < -0.39 is 0 Å². The normalized spacial score (nSPS) is 32.8. The highest BCUT2D eigenvalue weighted by molar-refractivity contribution is 6.21. The number of imide groups is 1. The largest absolute Gasteiger partial charge is 0.311 e. The summed E-state index contributed by atoms with van der Waals surface area (Å²) in [6, 6.07) is 8.18. The van der Waals surface area contributed by atoms with Crippen LogP contribution in [-0.4, -0.2) is 34.8 Å². The van der Waals surface area contributed by atoms with E-state index in [1.165, 1.54) is 17.7 Å². The van der Waals surface area contributed by atoms with E-state index in [1.54, 1.807) is 12.1 Å². The molecule has 19 heavy (non-hydrogen) atoms. The number of piperidine rings is 1. The van der Waals surface area contributed by atoms with Crippen molar-refractivity contribution in [2.75, 3.05) is 0 Å². The van der Waals surface area contributed by atoms with Gasteiger partial charge in [-0.15, -0.1) is 0 Å². The molecule has 4 heteroatoms. The van der Waals surface area contributed by atoms with E-state index in [0.29, 0.717) is 23.2 Å². The lowest BCUT2D eigenvalue weighted by Crippen LogP contribution is -2.50. The summed E-state index contributed by atoms with van der Waals surface area (Å²) >= 11 is 0. The quantitative estimate of drug-likeness (QED) is 0.776. The zero-order chi connectivity index (χ0) is 13.0. The fourth-order valence-electron chi connectivity index (χ4n) is 3.78. The van der Waals surface area contributed by atoms with E-state index in [-0.39, 0.29) is 17.9 Å². The topological polar surface area (TPSA) is 49.4 Å². The Kier molecular flexibility index (Phi) is 2.30. The second-order valence-electron chi connectivity index (χ2n) is 5.79. The maximum absolute atomic E-state index is 12.4. The monoisotopic (exact) mass is 256 g/mol. The third-order valence-corrected chi connectivity index (χ3v) is 4.64. The van der Waals surface area contributed by atoms with Gasteiger partial charge in [0, 0.05) is 18.1 Å². The number of carbonyl (C=O) groups excluding carboxylic acids is 2. The van der Waals surface area contributed by atoms with Crippen LogP contribution >= 0.6 is 0 Å². The molecule has 4 rings (SSSR count). The number of benzene rings is 1. The molecule has 0 spiro atoms. The van der Waals surface area contributed by atoms with E-state index in [2.05, 4.69) is 5.32 Å². The first-order valence-electron chi connectivity index (χ1n) is 6.97. The molecule has 3 aliphatic heterocycles. The third kappa shape index (κ3) is 1.56. The lowest BCUT2D eigenvalue weighted by atomic mass is 9.98. The van der Waals surface area contributed by atoms with Crippen LogP contribution in [0.15, 0.2) is 24.3 Å². The molecular weight excluding hydrogens is 240 g/mol. The Labute approximate surface area is 111 Å². The Bertz CT molecular complexity index is 522. The molecule has 1 aromatic rings. The first kappa shape index (κ1) is 11.2. The van der Waals surface area contributed by atoms with Gasteiger partial charge in [-0.2, -0.15) is 0 Å². The van der Waals surface area contributed by atoms with Gasteiger partial charge < -0.3 is 5.32 Å². The van der Waals surface area contributed by atoms with Gasteiger partial charge in [-0.25, -0.2) is 0 Å². The van der Waals surface area contributed by atoms with Crippen molar-refractivity contribution >= 4 is 11.8 Å². The van der Waals surface area contributed by atoms with Crippen molar-refractivity contribution in [1.29, 1.82) is 0 Å². The SMILES string of the molecule is O=C1c2ccccc2C(=O)N1C1CC2CCC(C1)N2. The maximum Gasteiger partial charge on any atom is 0.261 e. The molecule has 1 N–H and O–H groups in total. The van der Waals surface area contributed by atoms with Crippen LogP contribution < -0.4 is 5.32 Å². The van der Waals surface area contributed by atoms with Gasteiger partial charge >= 0.3 is 0 Å². The van der Waals surface area contributed by atoms with Crippen molar-refractivity contribution < 1.29 is 9.59 Å². The average Bonchev–Trinajstić information content (AvgIpc) is 2.89. The van der Waals surface area contributed by atoms with Crippen LogP contribution in [0.4, 0.5) is 0 Å². The molecule has 3 heterocycles. The van der Waals surface area contributed by atoms with Crippen molar-refractivity contribution in [3.63, 3.8) is 0 Å². The number of carbonyl (C=O) groups is 2. The second kappa shape index (κ2) is 3.90. The van der Waals surface area contributed by atoms with E-state index >= 15 is 0 Å². The lowest BCUT2D eigenvalue weighted by molar-refractivity contribution is 0.0536. The Hall–Kier alpha value is -1.68. The van der Waals surface area contributed by atoms with E-state index in [0.717, 1.165) is 12.8 Å². The molecule has 0 aromatic heterocycles. The van der Waals surface area contributed by atoms with Crippen LogP contribution in [0.3, 0.4) is 0 Å². The lowest BCUT2D eigenvalue weighted by Gasteiger charge is -2.34. The third-order valence-electron chi connectivity index (χ3n) is 4.64. The molecule has 98 valence electrons. The van der Waals surface area contributed by atoms with Crippen LogP contribution in [0.25, 0.3) is 0 Å². The number of amides is 2. The van der Waals surface area contributed by atoms with Crippen LogP contribution in [-0.2, 0) is 0 Å². The number of fused-ring (bicyclic) bond motifs is 3. The van der Waals surface area contributed by atoms with Gasteiger partial charge in [-0.3, -0.25) is 14.5 Å². The Morgan fingerprint density at radius 3 is 2.00 bits per heavy atom. The summed E-state index contributed by atoms with van der Waals surface area (Å²) in [6.07, 6.45) is 4.15. The summed E-state index contributed by atoms with van der Waals surface area (Å²) in [5, 5.41) is 3.55. The molecule has 0 aliphatic carbocycles. The van der Waals surface area contributed by atoms with Gasteiger partial charge in [0.1, 0.15) is 0 Å². The molecule has 2 fully saturated rings. The molecule has 0 saturated carbocycles. The van der Waals surface area contributed by atoms with Crippen molar-refractivity contribution in [1.82, 2.24) is 10.2 Å². The first-order chi connectivity index (χ1) is 9.24. The standard InChI is InChI=1S/C15H16N2O2/c18-14-12-3-1-2-4-13(12)15(19)17(14)11-7-9-5-6-10(8-11)16-9/h1-4,9-11,16H,5-8H2. The molecule has 4 nitrogen and oxygen atoms in total. The molecule has 2 unspecified atom stereocenters. The van der Waals surface area contributed by atoms with Crippen molar-refractivity contribution in [2.45, 2.75) is 43.8 Å². The second-order valence-corrected chi connectivity index (χ2v) is 5.79. The van der Waals surface area contributed by atoms with Gasteiger partial charge in [-0.1, -0.05) is 12.1 Å². The molecular formula is C15H16N2O2. The van der Waals surface area contributed by atoms with Crippen molar-refractivity contribution in [3.8, 4) is 0 Å². The highest BCUT2D eigenvalue weighted by atomic mass is 16.2. The zero-order valence-corrected chi connectivity index (χ0v) is 10.6. The Morgan fingerprint density at radius 2 is 1.47 bits per heavy atom. The fraction of sp³-hybridized carbons (Fsp3) is 0.467. The summed E-state index contributed by atoms with van der Waals surface area (Å²) in [4.78, 5) is 26.4. The molecule has 0 radical (unpaired) electrons. The molecule has 2 atom stereocenters. The predicted octanol–water partition coefficient (Wildman–Crippen LogP) is 1.57. The van der Waals surface area contributed by atoms with Gasteiger partial charge in [0.15, 0.2) is 0 Å². The summed E-state index contributed by atoms with van der Waals surface area (Å²) in [6.45, 7) is 0. The molecule has 1 aromatic carbocycles. The molecule has 2 amide bonds. The number of nitrogens with zero attached hydrogens (tertiary/aromatic N) is 1. The summed E-state index contributed by atoms with van der Waals surface area (Å²) < 4.78 is 0. The number of rotatable bonds is 1. The smallest absolute Gasteiger partial charge is 0.261 e. The average molecular weight is 256 g/mol. The van der Waals surface area contributed by atoms with Crippen LogP contribution in [0.5, 0.6) is 0 Å². The number of hydrogen-bond acceptors (Lipinski definition) is 3. The van der Waals surface area contributed by atoms with Gasteiger partial charge in [0.2, 0.25) is 0 Å². The van der Waals surface area contributed by atoms with E-state index in [4.69, 9.17) is 0 Å². The number of hydrogen-bond donors (Lipinski definition) is 1. The fourth-order valence-corrected chi connectivity index (χ4v) is 3.78. The minimum atomic E-state index is -0.105. The van der Waals surface area contributed by atoms with E-state index in [1.807, 2.05) is 12.1 Å². The first-order valence-corrected chi connectivity index (χ1v) is 6.97. The highest BCUT2D eigenvalue weighted by Gasteiger charge is 2.44. The van der Waals surface area contributed by atoms with Crippen molar-refractivity contribution in [2.24, 2.45) is 0 Å². The Morgan fingerprint density at radius 1 is 0.947 bits per heavy atom. The van der Waals surface area contributed by atoms with Crippen LogP contribution in [0.2, 0.25) is 0 Å². The minimum Gasteiger partial charge on any atom is -0.311 e. The minimum absolute atomic E-state index is 0.0751. The molecule has 2 saturated heterocycles. The maximum atomic E-state index is 12.4. The van der Waals surface area contributed by atoms with E-state index in [9.17, 15) is 9.59 Å². The van der Waals surface area contributed by atoms with Crippen LogP contribution in [0, 0.1) is 0 Å². The van der Waals surface area contributed by atoms with Crippen molar-refractivity contribution in [3.05, 3.63) is 35.4 Å². The summed E-state index contributed by atoms with van der Waals surface area (Å²) in [5.74, 6) is -0.209.